The fourth-order valence-corrected chi connectivity index (χ4v) is 6.28. The van der Waals surface area contributed by atoms with E-state index < -0.39 is 16.0 Å². The Balaban J connectivity index is 1.47. The topological polar surface area (TPSA) is 135 Å². The van der Waals surface area contributed by atoms with Crippen molar-refractivity contribution in [2.45, 2.75) is 25.3 Å². The van der Waals surface area contributed by atoms with Gasteiger partial charge in [0.1, 0.15) is 0 Å². The van der Waals surface area contributed by atoms with E-state index in [1.807, 2.05) is 31.2 Å². The van der Waals surface area contributed by atoms with Crippen LogP contribution in [0.4, 0.5) is 11.4 Å². The van der Waals surface area contributed by atoms with Gasteiger partial charge in [0.15, 0.2) is 5.69 Å². The van der Waals surface area contributed by atoms with Crippen LogP contribution in [-0.2, 0) is 26.0 Å². The number of morpholine rings is 1. The molecule has 1 aliphatic heterocycles. The summed E-state index contributed by atoms with van der Waals surface area (Å²) in [4.78, 5) is 12.0. The highest BCUT2D eigenvalue weighted by atomic mass is 32.2. The number of anilines is 1. The molecule has 1 aliphatic rings. The van der Waals surface area contributed by atoms with Crippen LogP contribution in [0.5, 0.6) is 5.88 Å². The molecule has 0 amide bonds. The number of nitrogens with one attached hydrogen (secondary N) is 1. The number of nitrogens with zero attached hydrogens (tertiary/aromatic N) is 4. The number of aryl methyl sites for hydroxylation is 1. The van der Waals surface area contributed by atoms with Crippen molar-refractivity contribution in [3.8, 4) is 5.88 Å². The van der Waals surface area contributed by atoms with E-state index in [0.29, 0.717) is 41.9 Å². The molecule has 1 fully saturated rings. The number of ether oxygens (including phenoxy) is 2. The zero-order valence-electron chi connectivity index (χ0n) is 23.7. The van der Waals surface area contributed by atoms with E-state index in [4.69, 9.17) is 21.7 Å². The van der Waals surface area contributed by atoms with Crippen LogP contribution in [0.3, 0.4) is 0 Å². The van der Waals surface area contributed by atoms with Gasteiger partial charge >= 0.3 is 5.97 Å². The molecular weight excluding hydrogens is 590 g/mol. The quantitative estimate of drug-likeness (QED) is 0.152. The Morgan fingerprint density at radius 2 is 1.77 bits per heavy atom. The average Bonchev–Trinajstić information content (AvgIpc) is 3.27. The summed E-state index contributed by atoms with van der Waals surface area (Å²) in [5, 5.41) is 23.0. The Bertz CT molecular complexity index is 1780. The number of benzene rings is 3. The largest absolute Gasteiger partial charge is 0.493 e. The molecule has 0 saturated carbocycles. The standard InChI is InChI=1S/C30H31N5O6S2/c1-3-41-29(37)22-8-10-23(11-9-22)31-30(42)33-32-27-25-18-24(43(38,39)34-14-16-40-17-15-34)12-13-26(25)35(28(27)36)19-21-6-4-20(2)5-7-21/h4-13,18,36H,3,14-17,19H2,1-2H3,(H,31,42). The summed E-state index contributed by atoms with van der Waals surface area (Å²) >= 11 is 5.36. The van der Waals surface area contributed by atoms with E-state index in [9.17, 15) is 18.3 Å². The lowest BCUT2D eigenvalue weighted by Crippen LogP contribution is -2.40. The maximum Gasteiger partial charge on any atom is 0.338 e. The molecule has 224 valence electrons. The summed E-state index contributed by atoms with van der Waals surface area (Å²) in [5.74, 6) is -0.606. The Hall–Kier alpha value is -4.17. The highest BCUT2D eigenvalue weighted by Crippen LogP contribution is 2.41. The van der Waals surface area contributed by atoms with Gasteiger partial charge in [0.25, 0.3) is 0 Å². The maximum atomic E-state index is 13.4. The summed E-state index contributed by atoms with van der Waals surface area (Å²) in [6, 6.07) is 19.1. The van der Waals surface area contributed by atoms with Gasteiger partial charge in [-0.25, -0.2) is 13.2 Å². The lowest BCUT2D eigenvalue weighted by molar-refractivity contribution is 0.0526. The number of thiocarbonyl (C=S) groups is 1. The maximum absolute atomic E-state index is 13.4. The van der Waals surface area contributed by atoms with Crippen molar-refractivity contribution in [2.24, 2.45) is 10.2 Å². The molecule has 1 aromatic heterocycles. The number of aromatic nitrogens is 1. The van der Waals surface area contributed by atoms with Gasteiger partial charge in [-0.3, -0.25) is 0 Å². The number of aromatic hydroxyl groups is 1. The molecule has 0 aliphatic carbocycles. The van der Waals surface area contributed by atoms with Crippen LogP contribution < -0.4 is 5.32 Å². The summed E-state index contributed by atoms with van der Waals surface area (Å²) in [6.07, 6.45) is 0. The summed E-state index contributed by atoms with van der Waals surface area (Å²) < 4.78 is 40.2. The fraction of sp³-hybridized carbons (Fsp3) is 0.267. The molecule has 0 spiro atoms. The third kappa shape index (κ3) is 6.75. The number of esters is 1. The van der Waals surface area contributed by atoms with Gasteiger partial charge in [0.2, 0.25) is 21.0 Å². The molecule has 0 bridgehead atoms. The zero-order chi connectivity index (χ0) is 30.6. The van der Waals surface area contributed by atoms with Gasteiger partial charge in [0.05, 0.1) is 42.3 Å². The molecule has 0 atom stereocenters. The molecule has 0 radical (unpaired) electrons. The van der Waals surface area contributed by atoms with Crippen LogP contribution in [0.2, 0.25) is 0 Å². The Labute approximate surface area is 254 Å². The van der Waals surface area contributed by atoms with Crippen LogP contribution in [0.1, 0.15) is 28.4 Å². The first kappa shape index (κ1) is 30.3. The van der Waals surface area contributed by atoms with Crippen LogP contribution >= 0.6 is 12.2 Å². The van der Waals surface area contributed by atoms with Crippen molar-refractivity contribution in [1.82, 2.24) is 8.87 Å². The predicted molar refractivity (Wildman–Crippen MR) is 167 cm³/mol. The van der Waals surface area contributed by atoms with Gasteiger partial charge in [-0.05, 0) is 74.1 Å². The lowest BCUT2D eigenvalue weighted by atomic mass is 10.1. The number of sulfonamides is 1. The van der Waals surface area contributed by atoms with Crippen molar-refractivity contribution in [1.29, 1.82) is 0 Å². The monoisotopic (exact) mass is 621 g/mol. The molecule has 3 aromatic carbocycles. The van der Waals surface area contributed by atoms with Crippen molar-refractivity contribution >= 4 is 55.6 Å². The van der Waals surface area contributed by atoms with Crippen molar-refractivity contribution < 1.29 is 27.8 Å². The van der Waals surface area contributed by atoms with Crippen molar-refractivity contribution in [3.63, 3.8) is 0 Å². The second kappa shape index (κ2) is 13.0. The Kier molecular flexibility index (Phi) is 9.16. The summed E-state index contributed by atoms with van der Waals surface area (Å²) in [6.45, 7) is 5.49. The van der Waals surface area contributed by atoms with E-state index in [-0.39, 0.29) is 41.3 Å². The highest BCUT2D eigenvalue weighted by molar-refractivity contribution is 7.89. The molecule has 13 heteroatoms. The first-order chi connectivity index (χ1) is 20.7. The first-order valence-electron chi connectivity index (χ1n) is 13.7. The minimum Gasteiger partial charge on any atom is -0.493 e. The predicted octanol–water partition coefficient (Wildman–Crippen LogP) is 5.38. The molecule has 2 heterocycles. The van der Waals surface area contributed by atoms with Crippen LogP contribution in [0, 0.1) is 6.92 Å². The van der Waals surface area contributed by atoms with Crippen LogP contribution in [-0.4, -0.2) is 66.4 Å². The molecule has 5 rings (SSSR count). The van der Waals surface area contributed by atoms with Crippen LogP contribution in [0.15, 0.2) is 81.9 Å². The normalized spacial score (nSPS) is 14.3. The number of fused-ring (bicyclic) bond motifs is 1. The SMILES string of the molecule is CCOC(=O)c1ccc(NC(=S)N=Nc2c(O)n(Cc3ccc(C)cc3)c3ccc(S(=O)(=O)N4CCOCC4)cc23)cc1. The van der Waals surface area contributed by atoms with Gasteiger partial charge in [0, 0.05) is 24.2 Å². The molecule has 2 N–H and O–H groups in total. The summed E-state index contributed by atoms with van der Waals surface area (Å²) in [5.41, 5.74) is 3.68. The molecule has 11 nitrogen and oxygen atoms in total. The molecule has 43 heavy (non-hydrogen) atoms. The minimum absolute atomic E-state index is 0.000174. The van der Waals surface area contributed by atoms with E-state index >= 15 is 0 Å². The van der Waals surface area contributed by atoms with Gasteiger partial charge in [-0.2, -0.15) is 4.31 Å². The lowest BCUT2D eigenvalue weighted by Gasteiger charge is -2.26. The third-order valence-electron chi connectivity index (χ3n) is 6.94. The second-order valence-electron chi connectivity index (χ2n) is 9.87. The third-order valence-corrected chi connectivity index (χ3v) is 9.02. The average molecular weight is 622 g/mol. The fourth-order valence-electron chi connectivity index (χ4n) is 4.68. The molecule has 4 aromatic rings. The number of hydrogen-bond acceptors (Lipinski definition) is 8. The van der Waals surface area contributed by atoms with Gasteiger partial charge in [-0.15, -0.1) is 10.2 Å². The van der Waals surface area contributed by atoms with Gasteiger partial charge < -0.3 is 24.5 Å². The second-order valence-corrected chi connectivity index (χ2v) is 12.2. The Morgan fingerprint density at radius 3 is 2.44 bits per heavy atom. The first-order valence-corrected chi connectivity index (χ1v) is 15.5. The van der Waals surface area contributed by atoms with E-state index in [1.54, 1.807) is 41.8 Å². The van der Waals surface area contributed by atoms with Crippen molar-refractivity contribution in [3.05, 3.63) is 83.4 Å². The molecule has 1 saturated heterocycles. The number of hydrogen-bond donors (Lipinski definition) is 2. The Morgan fingerprint density at radius 1 is 1.07 bits per heavy atom. The minimum atomic E-state index is -3.80. The number of rotatable bonds is 8. The summed E-state index contributed by atoms with van der Waals surface area (Å²) in [7, 11) is -3.80. The highest BCUT2D eigenvalue weighted by Gasteiger charge is 2.28. The van der Waals surface area contributed by atoms with Gasteiger partial charge in [-0.1, -0.05) is 29.8 Å². The molecule has 0 unspecified atom stereocenters. The van der Waals surface area contributed by atoms with Crippen molar-refractivity contribution in [2.75, 3.05) is 38.2 Å². The van der Waals surface area contributed by atoms with E-state index in [1.165, 1.54) is 16.4 Å². The van der Waals surface area contributed by atoms with Crippen LogP contribution in [0.25, 0.3) is 10.9 Å². The number of azo groups is 1. The van der Waals surface area contributed by atoms with E-state index in [0.717, 1.165) is 11.1 Å². The molecular formula is C30H31N5O6S2. The zero-order valence-corrected chi connectivity index (χ0v) is 25.3. The smallest absolute Gasteiger partial charge is 0.338 e. The van der Waals surface area contributed by atoms with E-state index in [2.05, 4.69) is 15.5 Å². The number of carbonyl (C=O) groups excluding carboxylic acids is 1. The number of carbonyl (C=O) groups is 1.